The molecule has 1 aliphatic rings. The number of halogens is 5. The molecule has 8 nitrogen and oxygen atoms in total. The van der Waals surface area contributed by atoms with Crippen molar-refractivity contribution in [1.29, 1.82) is 0 Å². The van der Waals surface area contributed by atoms with E-state index in [0.29, 0.717) is 5.56 Å². The summed E-state index contributed by atoms with van der Waals surface area (Å²) >= 11 is 6.29. The lowest BCUT2D eigenvalue weighted by Gasteiger charge is -2.38. The SMILES string of the molecule is O=C(c1nc2c(C(F)(F)F)cc(-c3ccoc3)cn2c1Cl)N1CC(NS(=O)(=O)c2cccc(F)c2)C1. The number of furan rings is 1. The molecule has 3 aromatic heterocycles. The monoisotopic (exact) mass is 542 g/mol. The van der Waals surface area contributed by atoms with Crippen molar-refractivity contribution >= 4 is 33.2 Å². The number of aromatic nitrogens is 2. The van der Waals surface area contributed by atoms with Crippen LogP contribution in [-0.4, -0.2) is 47.7 Å². The van der Waals surface area contributed by atoms with Crippen molar-refractivity contribution in [2.24, 2.45) is 0 Å². The zero-order chi connectivity index (χ0) is 25.8. The Labute approximate surface area is 206 Å². The molecule has 1 amide bonds. The van der Waals surface area contributed by atoms with Gasteiger partial charge in [-0.1, -0.05) is 17.7 Å². The summed E-state index contributed by atoms with van der Waals surface area (Å²) in [6, 6.07) is 6.11. The van der Waals surface area contributed by atoms with E-state index in [1.54, 1.807) is 0 Å². The quantitative estimate of drug-likeness (QED) is 0.381. The standard InChI is InChI=1S/C22H15ClF4N4O4S/c23-19-18(21(32)30-9-15(10-30)29-36(33,34)16-3-1-2-14(24)7-16)28-20-17(22(25,26)27)6-13(8-31(19)20)12-4-5-35-11-12/h1-8,11,15,29H,9-10H2. The molecule has 0 bridgehead atoms. The minimum atomic E-state index is -4.78. The van der Waals surface area contributed by atoms with Crippen LogP contribution >= 0.6 is 11.6 Å². The summed E-state index contributed by atoms with van der Waals surface area (Å²) in [5, 5.41) is -0.324. The zero-order valence-electron chi connectivity index (χ0n) is 18.0. The number of hydrogen-bond donors (Lipinski definition) is 1. The van der Waals surface area contributed by atoms with E-state index in [1.807, 2.05) is 0 Å². The van der Waals surface area contributed by atoms with Crippen LogP contribution in [0, 0.1) is 5.82 Å². The van der Waals surface area contributed by atoms with Gasteiger partial charge in [-0.05, 0) is 30.3 Å². The maximum atomic E-state index is 13.8. The Balaban J connectivity index is 1.40. The topological polar surface area (TPSA) is 96.9 Å². The van der Waals surface area contributed by atoms with Gasteiger partial charge in [0.2, 0.25) is 10.0 Å². The van der Waals surface area contributed by atoms with Crippen molar-refractivity contribution < 1.29 is 35.2 Å². The Hall–Kier alpha value is -3.42. The van der Waals surface area contributed by atoms with Crippen LogP contribution in [-0.2, 0) is 16.2 Å². The zero-order valence-corrected chi connectivity index (χ0v) is 19.5. The summed E-state index contributed by atoms with van der Waals surface area (Å²) in [6.45, 7) is -0.159. The van der Waals surface area contributed by atoms with E-state index in [2.05, 4.69) is 9.71 Å². The van der Waals surface area contributed by atoms with Crippen LogP contribution in [0.25, 0.3) is 16.8 Å². The van der Waals surface area contributed by atoms with Crippen molar-refractivity contribution in [2.75, 3.05) is 13.1 Å². The van der Waals surface area contributed by atoms with Crippen LogP contribution in [0.15, 0.2) is 64.4 Å². The fraction of sp³-hybridized carbons (Fsp3) is 0.182. The average Bonchev–Trinajstić information content (AvgIpc) is 3.43. The molecule has 0 saturated carbocycles. The average molecular weight is 543 g/mol. The largest absolute Gasteiger partial charge is 0.472 e. The number of carbonyl (C=O) groups excluding carboxylic acids is 1. The molecule has 1 fully saturated rings. The lowest BCUT2D eigenvalue weighted by molar-refractivity contribution is -0.136. The molecular formula is C22H15ClF4N4O4S. The van der Waals surface area contributed by atoms with Gasteiger partial charge in [0.25, 0.3) is 5.91 Å². The number of hydrogen-bond acceptors (Lipinski definition) is 5. The Bertz CT molecular complexity index is 1580. The van der Waals surface area contributed by atoms with Crippen LogP contribution < -0.4 is 4.72 Å². The predicted octanol–water partition coefficient (Wildman–Crippen LogP) is 4.21. The van der Waals surface area contributed by atoms with E-state index >= 15 is 0 Å². The second-order valence-corrected chi connectivity index (χ2v) is 10.2. The first kappa shape index (κ1) is 24.3. The van der Waals surface area contributed by atoms with Crippen LogP contribution in [0.1, 0.15) is 16.1 Å². The normalized spacial score (nSPS) is 14.9. The summed E-state index contributed by atoms with van der Waals surface area (Å²) in [5.41, 5.74) is -1.52. The summed E-state index contributed by atoms with van der Waals surface area (Å²) in [5.74, 6) is -1.48. The number of nitrogens with one attached hydrogen (secondary N) is 1. The highest BCUT2D eigenvalue weighted by Gasteiger charge is 2.39. The predicted molar refractivity (Wildman–Crippen MR) is 119 cm³/mol. The minimum Gasteiger partial charge on any atom is -0.472 e. The van der Waals surface area contributed by atoms with Crippen molar-refractivity contribution in [3.63, 3.8) is 0 Å². The van der Waals surface area contributed by atoms with Crippen LogP contribution in [0.2, 0.25) is 5.15 Å². The molecule has 0 spiro atoms. The van der Waals surface area contributed by atoms with E-state index in [1.165, 1.54) is 41.8 Å². The maximum absolute atomic E-state index is 13.8. The fourth-order valence-electron chi connectivity index (χ4n) is 3.84. The highest BCUT2D eigenvalue weighted by Crippen LogP contribution is 2.37. The third-order valence-electron chi connectivity index (χ3n) is 5.62. The van der Waals surface area contributed by atoms with Gasteiger partial charge in [-0.2, -0.15) is 13.2 Å². The molecule has 0 atom stereocenters. The van der Waals surface area contributed by atoms with Crippen molar-refractivity contribution in [1.82, 2.24) is 19.0 Å². The van der Waals surface area contributed by atoms with Crippen LogP contribution in [0.4, 0.5) is 17.6 Å². The first-order valence-electron chi connectivity index (χ1n) is 10.3. The van der Waals surface area contributed by atoms with Gasteiger partial charge in [-0.25, -0.2) is 22.5 Å². The number of pyridine rings is 1. The molecule has 0 radical (unpaired) electrons. The third-order valence-corrected chi connectivity index (χ3v) is 7.50. The van der Waals surface area contributed by atoms with Gasteiger partial charge in [-0.15, -0.1) is 0 Å². The molecule has 1 aromatic carbocycles. The summed E-state index contributed by atoms with van der Waals surface area (Å²) in [4.78, 5) is 17.8. The number of rotatable bonds is 5. The van der Waals surface area contributed by atoms with E-state index in [-0.39, 0.29) is 28.7 Å². The molecule has 188 valence electrons. The molecule has 1 saturated heterocycles. The number of nitrogens with zero attached hydrogens (tertiary/aromatic N) is 3. The lowest BCUT2D eigenvalue weighted by Crippen LogP contribution is -2.60. The van der Waals surface area contributed by atoms with Gasteiger partial charge in [0, 0.05) is 30.4 Å². The van der Waals surface area contributed by atoms with E-state index in [0.717, 1.165) is 22.6 Å². The first-order chi connectivity index (χ1) is 16.9. The Morgan fingerprint density at radius 2 is 1.92 bits per heavy atom. The maximum Gasteiger partial charge on any atom is 0.420 e. The number of benzene rings is 1. The van der Waals surface area contributed by atoms with E-state index in [9.17, 15) is 30.8 Å². The lowest BCUT2D eigenvalue weighted by atomic mass is 10.1. The Morgan fingerprint density at radius 1 is 1.17 bits per heavy atom. The van der Waals surface area contributed by atoms with Gasteiger partial charge in [0.1, 0.15) is 11.0 Å². The van der Waals surface area contributed by atoms with Gasteiger partial charge >= 0.3 is 6.18 Å². The smallest absolute Gasteiger partial charge is 0.420 e. The molecule has 0 aliphatic carbocycles. The molecule has 4 heterocycles. The summed E-state index contributed by atoms with van der Waals surface area (Å²) in [7, 11) is -4.04. The molecule has 0 unspecified atom stereocenters. The molecule has 4 aromatic rings. The molecule has 5 rings (SSSR count). The highest BCUT2D eigenvalue weighted by molar-refractivity contribution is 7.89. The van der Waals surface area contributed by atoms with Crippen molar-refractivity contribution in [3.8, 4) is 11.1 Å². The van der Waals surface area contributed by atoms with E-state index < -0.39 is 50.9 Å². The van der Waals surface area contributed by atoms with Crippen LogP contribution in [0.5, 0.6) is 0 Å². The molecule has 36 heavy (non-hydrogen) atoms. The van der Waals surface area contributed by atoms with Gasteiger partial charge in [0.15, 0.2) is 11.3 Å². The van der Waals surface area contributed by atoms with Gasteiger partial charge in [-0.3, -0.25) is 9.20 Å². The molecule has 1 N–H and O–H groups in total. The summed E-state index contributed by atoms with van der Waals surface area (Å²) in [6.07, 6.45) is -0.899. The van der Waals surface area contributed by atoms with Gasteiger partial charge in [0.05, 0.1) is 29.0 Å². The number of sulfonamides is 1. The fourth-order valence-corrected chi connectivity index (χ4v) is 5.34. The van der Waals surface area contributed by atoms with Gasteiger partial charge < -0.3 is 9.32 Å². The third kappa shape index (κ3) is 4.33. The number of carbonyl (C=O) groups is 1. The second kappa shape index (κ2) is 8.61. The molecule has 14 heteroatoms. The highest BCUT2D eigenvalue weighted by atomic mass is 35.5. The number of amides is 1. The Kier molecular flexibility index (Phi) is 5.80. The Morgan fingerprint density at radius 3 is 2.56 bits per heavy atom. The number of fused-ring (bicyclic) bond motifs is 1. The first-order valence-corrected chi connectivity index (χ1v) is 12.2. The summed E-state index contributed by atoms with van der Waals surface area (Å²) < 4.78 is 87.9. The minimum absolute atomic E-state index is 0.0794. The second-order valence-electron chi connectivity index (χ2n) is 8.08. The number of imidazole rings is 1. The van der Waals surface area contributed by atoms with E-state index in [4.69, 9.17) is 16.0 Å². The number of alkyl halides is 3. The molecule has 1 aliphatic heterocycles. The molecular weight excluding hydrogens is 528 g/mol. The van der Waals surface area contributed by atoms with Crippen LogP contribution in [0.3, 0.4) is 0 Å². The van der Waals surface area contributed by atoms with Crippen molar-refractivity contribution in [2.45, 2.75) is 17.1 Å². The number of likely N-dealkylation sites (tertiary alicyclic amines) is 1. The van der Waals surface area contributed by atoms with Crippen molar-refractivity contribution in [3.05, 3.63) is 77.3 Å².